The maximum absolute atomic E-state index is 13.5. The number of nitrogens with one attached hydrogen (secondary N) is 1. The Morgan fingerprint density at radius 3 is 2.64 bits per heavy atom. The Bertz CT molecular complexity index is 695. The van der Waals surface area contributed by atoms with Gasteiger partial charge >= 0.3 is 0 Å². The lowest BCUT2D eigenvalue weighted by Gasteiger charge is -2.54. The van der Waals surface area contributed by atoms with Gasteiger partial charge in [-0.2, -0.15) is 0 Å². The van der Waals surface area contributed by atoms with Crippen LogP contribution >= 0.6 is 0 Å². The van der Waals surface area contributed by atoms with Gasteiger partial charge in [-0.05, 0) is 36.8 Å². The minimum Gasteiger partial charge on any atom is -0.385 e. The van der Waals surface area contributed by atoms with Gasteiger partial charge in [-0.15, -0.1) is 0 Å². The van der Waals surface area contributed by atoms with Crippen molar-refractivity contribution < 1.29 is 14.3 Å². The van der Waals surface area contributed by atoms with E-state index < -0.39 is 5.54 Å². The molecule has 0 bridgehead atoms. The third kappa shape index (κ3) is 3.95. The van der Waals surface area contributed by atoms with Gasteiger partial charge in [0.05, 0.1) is 11.5 Å². The summed E-state index contributed by atoms with van der Waals surface area (Å²) in [4.78, 5) is 29.0. The molecule has 0 unspecified atom stereocenters. The lowest BCUT2D eigenvalue weighted by molar-refractivity contribution is -0.127. The highest BCUT2D eigenvalue weighted by Crippen LogP contribution is 2.49. The maximum Gasteiger partial charge on any atom is 0.254 e. The number of methoxy groups -OCH3 is 1. The summed E-state index contributed by atoms with van der Waals surface area (Å²) in [5.41, 5.74) is 1.19. The summed E-state index contributed by atoms with van der Waals surface area (Å²) in [5, 5.41) is 3.13. The van der Waals surface area contributed by atoms with Crippen LogP contribution in [0.5, 0.6) is 0 Å². The van der Waals surface area contributed by atoms with Crippen LogP contribution in [0, 0.1) is 5.92 Å². The fourth-order valence-corrected chi connectivity index (χ4v) is 5.00. The van der Waals surface area contributed by atoms with E-state index in [-0.39, 0.29) is 17.7 Å². The second-order valence-electron chi connectivity index (χ2n) is 8.63. The number of hydrogen-bond acceptors (Lipinski definition) is 3. The summed E-state index contributed by atoms with van der Waals surface area (Å²) in [5.74, 6) is 0.197. The molecule has 1 heterocycles. The molecule has 0 radical (unpaired) electrons. The van der Waals surface area contributed by atoms with E-state index in [0.29, 0.717) is 31.2 Å². The molecule has 0 saturated heterocycles. The van der Waals surface area contributed by atoms with Crippen LogP contribution in [-0.4, -0.2) is 49.1 Å². The number of nitrogens with zero attached hydrogens (tertiary/aromatic N) is 1. The van der Waals surface area contributed by atoms with Gasteiger partial charge in [-0.1, -0.05) is 51.3 Å². The van der Waals surface area contributed by atoms with Gasteiger partial charge < -0.3 is 15.0 Å². The molecule has 1 aromatic rings. The molecule has 1 atom stereocenters. The predicted octanol–water partition coefficient (Wildman–Crippen LogP) is 3.74. The van der Waals surface area contributed by atoms with Crippen molar-refractivity contribution in [3.05, 3.63) is 35.4 Å². The zero-order valence-corrected chi connectivity index (χ0v) is 17.5. The van der Waals surface area contributed by atoms with Crippen molar-refractivity contribution in [1.82, 2.24) is 10.2 Å². The van der Waals surface area contributed by atoms with Gasteiger partial charge in [-0.3, -0.25) is 9.59 Å². The lowest BCUT2D eigenvalue weighted by Crippen LogP contribution is -2.63. The molecule has 2 aliphatic rings. The average molecular weight is 387 g/mol. The van der Waals surface area contributed by atoms with Crippen molar-refractivity contribution in [2.45, 2.75) is 63.8 Å². The second kappa shape index (κ2) is 9.08. The van der Waals surface area contributed by atoms with E-state index in [1.165, 1.54) is 6.42 Å². The van der Waals surface area contributed by atoms with Gasteiger partial charge in [0.25, 0.3) is 5.91 Å². The minimum atomic E-state index is -0.403. The van der Waals surface area contributed by atoms with Crippen molar-refractivity contribution in [1.29, 1.82) is 0 Å². The molecule has 154 valence electrons. The standard InChI is InChI=1S/C23H34N2O3/c1-17(2)16-25-22(27)19-11-6-5-10-18(19)20(21(26)24-14-9-15-28-3)23(25)12-7-4-8-13-23/h5-6,10-11,17,20H,4,7-9,12-16H2,1-3H3,(H,24,26)/t20-/m1/s1. The number of ether oxygens (including phenoxy) is 1. The zero-order chi connectivity index (χ0) is 20.1. The van der Waals surface area contributed by atoms with Gasteiger partial charge in [0.1, 0.15) is 0 Å². The molecule has 3 rings (SSSR count). The quantitative estimate of drug-likeness (QED) is 0.726. The fourth-order valence-electron chi connectivity index (χ4n) is 5.00. The number of hydrogen-bond donors (Lipinski definition) is 1. The molecule has 1 aliphatic heterocycles. The maximum atomic E-state index is 13.5. The average Bonchev–Trinajstić information content (AvgIpc) is 2.69. The molecule has 1 spiro atoms. The summed E-state index contributed by atoms with van der Waals surface area (Å²) in [6.07, 6.45) is 5.90. The van der Waals surface area contributed by atoms with E-state index >= 15 is 0 Å². The fraction of sp³-hybridized carbons (Fsp3) is 0.652. The Balaban J connectivity index is 2.02. The Kier molecular flexibility index (Phi) is 6.76. The summed E-state index contributed by atoms with van der Waals surface area (Å²) in [7, 11) is 1.67. The highest BCUT2D eigenvalue weighted by atomic mass is 16.5. The molecule has 5 nitrogen and oxygen atoms in total. The molecule has 2 amide bonds. The van der Waals surface area contributed by atoms with E-state index in [4.69, 9.17) is 4.74 Å². The normalized spacial score (nSPS) is 21.1. The SMILES string of the molecule is COCCCNC(=O)[C@H]1c2ccccc2C(=O)N(CC(C)C)C12CCCCC2. The van der Waals surface area contributed by atoms with Gasteiger partial charge in [0.15, 0.2) is 0 Å². The predicted molar refractivity (Wildman–Crippen MR) is 110 cm³/mol. The van der Waals surface area contributed by atoms with E-state index in [0.717, 1.165) is 37.7 Å². The Hall–Kier alpha value is -1.88. The molecule has 1 saturated carbocycles. The van der Waals surface area contributed by atoms with Crippen LogP contribution in [0.1, 0.15) is 74.2 Å². The molecule has 1 aliphatic carbocycles. The second-order valence-corrected chi connectivity index (χ2v) is 8.63. The van der Waals surface area contributed by atoms with Crippen LogP contribution in [0.2, 0.25) is 0 Å². The molecule has 1 fully saturated rings. The third-order valence-corrected chi connectivity index (χ3v) is 6.18. The lowest BCUT2D eigenvalue weighted by atomic mass is 9.65. The van der Waals surface area contributed by atoms with E-state index in [9.17, 15) is 9.59 Å². The summed E-state index contributed by atoms with van der Waals surface area (Å²) in [6.45, 7) is 6.21. The molecule has 5 heteroatoms. The number of amides is 2. The molecular weight excluding hydrogens is 352 g/mol. The first-order valence-electron chi connectivity index (χ1n) is 10.7. The number of carbonyl (C=O) groups is 2. The highest BCUT2D eigenvalue weighted by molar-refractivity contribution is 6.02. The summed E-state index contributed by atoms with van der Waals surface area (Å²) >= 11 is 0. The van der Waals surface area contributed by atoms with E-state index in [1.807, 2.05) is 24.3 Å². The Morgan fingerprint density at radius 1 is 1.25 bits per heavy atom. The first-order chi connectivity index (χ1) is 13.5. The van der Waals surface area contributed by atoms with Crippen LogP contribution in [0.15, 0.2) is 24.3 Å². The topological polar surface area (TPSA) is 58.6 Å². The molecular formula is C23H34N2O3. The number of benzene rings is 1. The highest BCUT2D eigenvalue weighted by Gasteiger charge is 2.54. The minimum absolute atomic E-state index is 0.0479. The number of fused-ring (bicyclic) bond motifs is 1. The van der Waals surface area contributed by atoms with Crippen LogP contribution in [0.4, 0.5) is 0 Å². The molecule has 28 heavy (non-hydrogen) atoms. The number of carbonyl (C=O) groups excluding carboxylic acids is 2. The van der Waals surface area contributed by atoms with Crippen molar-refractivity contribution in [2.75, 3.05) is 26.8 Å². The van der Waals surface area contributed by atoms with Crippen molar-refractivity contribution in [3.63, 3.8) is 0 Å². The van der Waals surface area contributed by atoms with Gasteiger partial charge in [0, 0.05) is 32.4 Å². The van der Waals surface area contributed by atoms with Crippen molar-refractivity contribution >= 4 is 11.8 Å². The van der Waals surface area contributed by atoms with Crippen molar-refractivity contribution in [3.8, 4) is 0 Å². The smallest absolute Gasteiger partial charge is 0.254 e. The first-order valence-corrected chi connectivity index (χ1v) is 10.7. The first kappa shape index (κ1) is 20.8. The van der Waals surface area contributed by atoms with Crippen molar-refractivity contribution in [2.24, 2.45) is 5.92 Å². The molecule has 1 N–H and O–H groups in total. The van der Waals surface area contributed by atoms with Crippen LogP contribution in [0.3, 0.4) is 0 Å². The summed E-state index contributed by atoms with van der Waals surface area (Å²) < 4.78 is 5.11. The number of rotatable bonds is 7. The summed E-state index contributed by atoms with van der Waals surface area (Å²) in [6, 6.07) is 7.71. The molecule has 0 aromatic heterocycles. The molecule has 1 aromatic carbocycles. The van der Waals surface area contributed by atoms with Gasteiger partial charge in [-0.25, -0.2) is 0 Å². The van der Waals surface area contributed by atoms with E-state index in [2.05, 4.69) is 24.1 Å². The van der Waals surface area contributed by atoms with Crippen LogP contribution in [0.25, 0.3) is 0 Å². The van der Waals surface area contributed by atoms with Crippen LogP contribution < -0.4 is 5.32 Å². The monoisotopic (exact) mass is 386 g/mol. The van der Waals surface area contributed by atoms with Gasteiger partial charge in [0.2, 0.25) is 5.91 Å². The Labute approximate surface area is 168 Å². The van der Waals surface area contributed by atoms with Crippen LogP contribution in [-0.2, 0) is 9.53 Å². The Morgan fingerprint density at radius 2 is 1.96 bits per heavy atom. The van der Waals surface area contributed by atoms with E-state index in [1.54, 1.807) is 7.11 Å². The zero-order valence-electron chi connectivity index (χ0n) is 17.5. The third-order valence-electron chi connectivity index (χ3n) is 6.18. The largest absolute Gasteiger partial charge is 0.385 e.